The summed E-state index contributed by atoms with van der Waals surface area (Å²) in [5.41, 5.74) is -0.231. The van der Waals surface area contributed by atoms with Crippen LogP contribution in [-0.4, -0.2) is 22.3 Å². The second kappa shape index (κ2) is 8.33. The molecule has 1 aromatic carbocycles. The first kappa shape index (κ1) is 19.1. The molecule has 1 fully saturated rings. The van der Waals surface area contributed by atoms with Crippen molar-refractivity contribution in [2.24, 2.45) is 0 Å². The molecule has 1 heterocycles. The van der Waals surface area contributed by atoms with Crippen molar-refractivity contribution in [3.8, 4) is 0 Å². The second-order valence-electron chi connectivity index (χ2n) is 5.92. The first-order valence-electron chi connectivity index (χ1n) is 8.04. The number of rotatable bonds is 5. The summed E-state index contributed by atoms with van der Waals surface area (Å²) in [4.78, 5) is 25.1. The molecular weight excluding hydrogens is 402 g/mol. The van der Waals surface area contributed by atoms with E-state index in [4.69, 9.17) is 27.9 Å². The van der Waals surface area contributed by atoms with Gasteiger partial charge < -0.3 is 10.1 Å². The summed E-state index contributed by atoms with van der Waals surface area (Å²) in [7, 11) is 0. The van der Waals surface area contributed by atoms with E-state index >= 15 is 0 Å². The van der Waals surface area contributed by atoms with Crippen LogP contribution >= 0.6 is 34.7 Å². The number of carbonyl (C=O) groups excluding carboxylic acids is 2. The van der Waals surface area contributed by atoms with Gasteiger partial charge in [0.1, 0.15) is 15.2 Å². The lowest BCUT2D eigenvalue weighted by molar-refractivity contribution is -0.131. The van der Waals surface area contributed by atoms with Crippen molar-refractivity contribution in [1.82, 2.24) is 9.69 Å². The van der Waals surface area contributed by atoms with Gasteiger partial charge in [-0.15, -0.1) is 0 Å². The number of hydrogen-bond donors (Lipinski definition) is 1. The minimum absolute atomic E-state index is 0.00668. The zero-order chi connectivity index (χ0) is 18.7. The van der Waals surface area contributed by atoms with Crippen molar-refractivity contribution in [2.75, 3.05) is 0 Å². The van der Waals surface area contributed by atoms with Gasteiger partial charge in [-0.25, -0.2) is 9.18 Å². The molecule has 3 rings (SSSR count). The van der Waals surface area contributed by atoms with Gasteiger partial charge in [-0.3, -0.25) is 4.79 Å². The third kappa shape index (κ3) is 4.16. The van der Waals surface area contributed by atoms with Crippen LogP contribution in [0.25, 0.3) is 0 Å². The summed E-state index contributed by atoms with van der Waals surface area (Å²) in [6.45, 7) is 0. The van der Waals surface area contributed by atoms with Crippen LogP contribution in [0.1, 0.15) is 47.8 Å². The van der Waals surface area contributed by atoms with Gasteiger partial charge in [0, 0.05) is 11.6 Å². The molecule has 1 aromatic heterocycles. The van der Waals surface area contributed by atoms with Crippen LogP contribution in [-0.2, 0) is 9.53 Å². The predicted molar refractivity (Wildman–Crippen MR) is 97.1 cm³/mol. The fraction of sp³-hybridized carbons (Fsp3) is 0.353. The molecule has 0 saturated heterocycles. The van der Waals surface area contributed by atoms with Crippen LogP contribution in [0.15, 0.2) is 24.3 Å². The minimum Gasteiger partial charge on any atom is -0.442 e. The van der Waals surface area contributed by atoms with Crippen LogP contribution in [0.3, 0.4) is 0 Å². The minimum atomic E-state index is -1.44. The van der Waals surface area contributed by atoms with E-state index in [1.54, 1.807) is 6.07 Å². The van der Waals surface area contributed by atoms with Gasteiger partial charge in [0.25, 0.3) is 5.91 Å². The summed E-state index contributed by atoms with van der Waals surface area (Å²) in [5.74, 6) is -2.16. The average molecular weight is 417 g/mol. The van der Waals surface area contributed by atoms with E-state index in [2.05, 4.69) is 9.69 Å². The van der Waals surface area contributed by atoms with Gasteiger partial charge in [-0.05, 0) is 30.4 Å². The van der Waals surface area contributed by atoms with E-state index in [9.17, 15) is 14.0 Å². The Bertz CT molecular complexity index is 824. The molecule has 1 N–H and O–H groups in total. The SMILES string of the molecule is O=C(O[C@H](C(=O)NC1CCCC1)c1ccccc1F)c1nsc(Cl)c1Cl. The van der Waals surface area contributed by atoms with Crippen molar-refractivity contribution in [3.05, 3.63) is 50.7 Å². The van der Waals surface area contributed by atoms with E-state index in [1.165, 1.54) is 18.2 Å². The molecule has 0 aliphatic heterocycles. The van der Waals surface area contributed by atoms with E-state index in [-0.39, 0.29) is 26.7 Å². The zero-order valence-electron chi connectivity index (χ0n) is 13.5. The molecule has 138 valence electrons. The largest absolute Gasteiger partial charge is 0.442 e. The van der Waals surface area contributed by atoms with Gasteiger partial charge in [0.2, 0.25) is 6.10 Å². The standard InChI is InChI=1S/C17H15Cl2FN2O3S/c18-12-13(22-26-15(12)19)17(24)25-14(10-7-3-4-8-11(10)20)16(23)21-9-5-1-2-6-9/h3-4,7-9,14H,1-2,5-6H2,(H,21,23)/t14-/m0/s1. The van der Waals surface area contributed by atoms with Crippen molar-refractivity contribution in [2.45, 2.75) is 37.8 Å². The van der Waals surface area contributed by atoms with Gasteiger partial charge in [-0.1, -0.05) is 54.2 Å². The fourth-order valence-electron chi connectivity index (χ4n) is 2.84. The molecule has 1 amide bonds. The maximum absolute atomic E-state index is 14.2. The number of nitrogens with zero attached hydrogens (tertiary/aromatic N) is 1. The predicted octanol–water partition coefficient (Wildman–Crippen LogP) is 4.55. The number of halogens is 3. The van der Waals surface area contributed by atoms with Crippen LogP contribution in [0.4, 0.5) is 4.39 Å². The maximum Gasteiger partial charge on any atom is 0.360 e. The van der Waals surface area contributed by atoms with Crippen molar-refractivity contribution >= 4 is 46.6 Å². The summed E-state index contributed by atoms with van der Waals surface area (Å²) in [6, 6.07) is 5.65. The van der Waals surface area contributed by atoms with Crippen LogP contribution in [0.2, 0.25) is 9.36 Å². The Labute approximate surface area is 163 Å². The molecule has 0 radical (unpaired) electrons. The molecule has 0 bridgehead atoms. The molecule has 1 aliphatic rings. The highest BCUT2D eigenvalue weighted by Gasteiger charge is 2.32. The first-order valence-corrected chi connectivity index (χ1v) is 9.56. The Hall–Kier alpha value is -1.70. The molecule has 0 unspecified atom stereocenters. The highest BCUT2D eigenvalue weighted by atomic mass is 35.5. The second-order valence-corrected chi connectivity index (χ2v) is 7.67. The first-order chi connectivity index (χ1) is 12.5. The topological polar surface area (TPSA) is 68.3 Å². The summed E-state index contributed by atoms with van der Waals surface area (Å²) in [5, 5.41) is 2.77. The van der Waals surface area contributed by atoms with Crippen LogP contribution in [0, 0.1) is 5.82 Å². The van der Waals surface area contributed by atoms with E-state index < -0.39 is 23.8 Å². The number of benzene rings is 1. The average Bonchev–Trinajstić information content (AvgIpc) is 3.24. The quantitative estimate of drug-likeness (QED) is 0.725. The molecule has 2 aromatic rings. The van der Waals surface area contributed by atoms with E-state index in [0.717, 1.165) is 37.2 Å². The molecule has 1 atom stereocenters. The third-order valence-corrected chi connectivity index (χ3v) is 5.75. The third-order valence-electron chi connectivity index (χ3n) is 4.14. The Morgan fingerprint density at radius 1 is 1.27 bits per heavy atom. The number of esters is 1. The Morgan fingerprint density at radius 2 is 1.96 bits per heavy atom. The molecule has 0 spiro atoms. The Kier molecular flexibility index (Phi) is 6.11. The molecule has 1 saturated carbocycles. The summed E-state index contributed by atoms with van der Waals surface area (Å²) < 4.78 is 23.5. The van der Waals surface area contributed by atoms with Crippen LogP contribution < -0.4 is 5.32 Å². The smallest absolute Gasteiger partial charge is 0.360 e. The lowest BCUT2D eigenvalue weighted by Gasteiger charge is -2.20. The Morgan fingerprint density at radius 3 is 2.58 bits per heavy atom. The molecular formula is C17H15Cl2FN2O3S. The highest BCUT2D eigenvalue weighted by Crippen LogP contribution is 2.31. The lowest BCUT2D eigenvalue weighted by atomic mass is 10.1. The molecule has 9 heteroatoms. The molecule has 26 heavy (non-hydrogen) atoms. The lowest BCUT2D eigenvalue weighted by Crippen LogP contribution is -2.38. The summed E-state index contributed by atoms with van der Waals surface area (Å²) >= 11 is 12.6. The maximum atomic E-state index is 14.2. The fourth-order valence-corrected chi connectivity index (χ4v) is 3.82. The number of hydrogen-bond acceptors (Lipinski definition) is 5. The van der Waals surface area contributed by atoms with Crippen molar-refractivity contribution < 1.29 is 18.7 Å². The zero-order valence-corrected chi connectivity index (χ0v) is 15.8. The monoisotopic (exact) mass is 416 g/mol. The number of nitrogens with one attached hydrogen (secondary N) is 1. The van der Waals surface area contributed by atoms with Gasteiger partial charge >= 0.3 is 5.97 Å². The van der Waals surface area contributed by atoms with Gasteiger partial charge in [-0.2, -0.15) is 4.37 Å². The number of ether oxygens (including phenoxy) is 1. The van der Waals surface area contributed by atoms with Gasteiger partial charge in [0.05, 0.1) is 0 Å². The highest BCUT2D eigenvalue weighted by molar-refractivity contribution is 7.11. The number of aromatic nitrogens is 1. The van der Waals surface area contributed by atoms with Crippen LogP contribution in [0.5, 0.6) is 0 Å². The molecule has 5 nitrogen and oxygen atoms in total. The van der Waals surface area contributed by atoms with Crippen molar-refractivity contribution in [3.63, 3.8) is 0 Å². The number of carbonyl (C=O) groups is 2. The van der Waals surface area contributed by atoms with Crippen molar-refractivity contribution in [1.29, 1.82) is 0 Å². The van der Waals surface area contributed by atoms with E-state index in [0.29, 0.717) is 0 Å². The number of amides is 1. The summed E-state index contributed by atoms with van der Waals surface area (Å²) in [6.07, 6.45) is 2.28. The van der Waals surface area contributed by atoms with Gasteiger partial charge in [0.15, 0.2) is 5.69 Å². The Balaban J connectivity index is 1.85. The van der Waals surface area contributed by atoms with E-state index in [1.807, 2.05) is 0 Å². The normalized spacial score (nSPS) is 15.7. The molecule has 1 aliphatic carbocycles.